The molecule has 0 saturated heterocycles. The van der Waals surface area contributed by atoms with Crippen LogP contribution in [-0.2, 0) is 14.6 Å². The van der Waals surface area contributed by atoms with E-state index in [0.29, 0.717) is 0 Å². The van der Waals surface area contributed by atoms with Gasteiger partial charge in [-0.3, -0.25) is 4.79 Å². The third-order valence-corrected chi connectivity index (χ3v) is 5.75. The van der Waals surface area contributed by atoms with Crippen LogP contribution in [-0.4, -0.2) is 37.9 Å². The van der Waals surface area contributed by atoms with Gasteiger partial charge in [0.1, 0.15) is 0 Å². The Morgan fingerprint density at radius 1 is 1.41 bits per heavy atom. The second kappa shape index (κ2) is 4.94. The Balaban J connectivity index is 2.54. The van der Waals surface area contributed by atoms with Gasteiger partial charge in [0.15, 0.2) is 9.84 Å². The lowest BCUT2D eigenvalue weighted by molar-refractivity contribution is -0.125. The average Bonchev–Trinajstić information content (AvgIpc) is 2.59. The van der Waals surface area contributed by atoms with E-state index in [2.05, 4.69) is 5.32 Å². The fraction of sp³-hybridized carbons (Fsp3) is 0.909. The molecule has 0 aliphatic heterocycles. The highest BCUT2D eigenvalue weighted by Crippen LogP contribution is 2.24. The topological polar surface area (TPSA) is 89.3 Å². The van der Waals surface area contributed by atoms with E-state index < -0.39 is 14.6 Å². The molecule has 0 bridgehead atoms. The van der Waals surface area contributed by atoms with Crippen LogP contribution in [0.15, 0.2) is 0 Å². The van der Waals surface area contributed by atoms with Crippen LogP contribution in [0.3, 0.4) is 0 Å². The maximum absolute atomic E-state index is 11.8. The summed E-state index contributed by atoms with van der Waals surface area (Å²) in [7, 11) is -3.18. The van der Waals surface area contributed by atoms with Crippen LogP contribution in [0, 0.1) is 5.92 Å². The Bertz CT molecular complexity index is 390. The van der Waals surface area contributed by atoms with E-state index in [1.165, 1.54) is 6.26 Å². The van der Waals surface area contributed by atoms with Gasteiger partial charge in [0.2, 0.25) is 5.91 Å². The lowest BCUT2D eigenvalue weighted by Gasteiger charge is -2.24. The molecule has 100 valence electrons. The molecule has 1 rings (SSSR count). The van der Waals surface area contributed by atoms with Crippen LogP contribution >= 0.6 is 0 Å². The number of rotatable bonds is 4. The third kappa shape index (κ3) is 3.42. The summed E-state index contributed by atoms with van der Waals surface area (Å²) >= 11 is 0. The van der Waals surface area contributed by atoms with Gasteiger partial charge in [0.05, 0.1) is 10.7 Å². The first-order valence-corrected chi connectivity index (χ1v) is 7.77. The highest BCUT2D eigenvalue weighted by atomic mass is 32.2. The monoisotopic (exact) mass is 262 g/mol. The van der Waals surface area contributed by atoms with Gasteiger partial charge in [0.25, 0.3) is 0 Å². The quantitative estimate of drug-likeness (QED) is 0.749. The average molecular weight is 262 g/mol. The standard InChI is InChI=1S/C11H22N2O3S/c1-11(2,17(3,15)16)7-13-10(14)8-5-4-6-9(8)12/h8-9H,4-7,12H2,1-3H3,(H,13,14). The number of amides is 1. The summed E-state index contributed by atoms with van der Waals surface area (Å²) in [5.74, 6) is -0.280. The smallest absolute Gasteiger partial charge is 0.224 e. The number of sulfone groups is 1. The zero-order valence-electron chi connectivity index (χ0n) is 10.7. The van der Waals surface area contributed by atoms with Crippen molar-refractivity contribution >= 4 is 15.7 Å². The minimum absolute atomic E-state index is 0.0867. The number of carbonyl (C=O) groups is 1. The molecule has 1 aliphatic carbocycles. The highest BCUT2D eigenvalue weighted by Gasteiger charge is 2.34. The van der Waals surface area contributed by atoms with Gasteiger partial charge in [-0.2, -0.15) is 0 Å². The van der Waals surface area contributed by atoms with Crippen molar-refractivity contribution in [2.24, 2.45) is 11.7 Å². The van der Waals surface area contributed by atoms with Crippen molar-refractivity contribution in [3.63, 3.8) is 0 Å². The molecule has 1 aliphatic rings. The normalized spacial score (nSPS) is 25.9. The van der Waals surface area contributed by atoms with E-state index >= 15 is 0 Å². The number of nitrogens with one attached hydrogen (secondary N) is 1. The van der Waals surface area contributed by atoms with Gasteiger partial charge in [-0.15, -0.1) is 0 Å². The first kappa shape index (κ1) is 14.4. The lowest BCUT2D eigenvalue weighted by atomic mass is 10.0. The highest BCUT2D eigenvalue weighted by molar-refractivity contribution is 7.92. The van der Waals surface area contributed by atoms with Crippen LogP contribution in [0.4, 0.5) is 0 Å². The summed E-state index contributed by atoms with van der Waals surface area (Å²) in [6, 6.07) is -0.0867. The van der Waals surface area contributed by atoms with E-state index in [9.17, 15) is 13.2 Å². The van der Waals surface area contributed by atoms with Gasteiger partial charge in [-0.1, -0.05) is 6.42 Å². The van der Waals surface area contributed by atoms with Crippen molar-refractivity contribution in [3.8, 4) is 0 Å². The predicted octanol–water partition coefficient (Wildman–Crippen LogP) is 0.0532. The van der Waals surface area contributed by atoms with E-state index in [0.717, 1.165) is 19.3 Å². The number of hydrogen-bond acceptors (Lipinski definition) is 4. The molecule has 0 heterocycles. The maximum atomic E-state index is 11.8. The fourth-order valence-corrected chi connectivity index (χ4v) is 2.21. The minimum Gasteiger partial charge on any atom is -0.354 e. The summed E-state index contributed by atoms with van der Waals surface area (Å²) in [5, 5.41) is 2.70. The largest absolute Gasteiger partial charge is 0.354 e. The first-order chi connectivity index (χ1) is 7.65. The molecule has 3 N–H and O–H groups in total. The Morgan fingerprint density at radius 3 is 2.41 bits per heavy atom. The lowest BCUT2D eigenvalue weighted by Crippen LogP contribution is -2.47. The Kier molecular flexibility index (Phi) is 4.19. The molecule has 0 radical (unpaired) electrons. The van der Waals surface area contributed by atoms with Gasteiger partial charge in [-0.05, 0) is 26.7 Å². The zero-order chi connectivity index (χ0) is 13.3. The Labute approximate surface area is 103 Å². The number of hydrogen-bond donors (Lipinski definition) is 2. The molecule has 17 heavy (non-hydrogen) atoms. The molecule has 0 spiro atoms. The van der Waals surface area contributed by atoms with Gasteiger partial charge >= 0.3 is 0 Å². The van der Waals surface area contributed by atoms with Crippen molar-refractivity contribution < 1.29 is 13.2 Å². The molecule has 6 heteroatoms. The molecule has 1 saturated carbocycles. The summed E-state index contributed by atoms with van der Waals surface area (Å²) in [6.07, 6.45) is 3.81. The summed E-state index contributed by atoms with van der Waals surface area (Å²) in [6.45, 7) is 3.35. The molecular formula is C11H22N2O3S. The second-order valence-corrected chi connectivity index (χ2v) is 8.10. The molecule has 2 unspecified atom stereocenters. The van der Waals surface area contributed by atoms with E-state index in [1.807, 2.05) is 0 Å². The summed E-state index contributed by atoms with van der Waals surface area (Å²) in [5.41, 5.74) is 5.83. The van der Waals surface area contributed by atoms with Gasteiger partial charge in [0, 0.05) is 18.8 Å². The van der Waals surface area contributed by atoms with Crippen LogP contribution in [0.2, 0.25) is 0 Å². The molecule has 2 atom stereocenters. The summed E-state index contributed by atoms with van der Waals surface area (Å²) in [4.78, 5) is 11.8. The molecule has 1 fully saturated rings. The predicted molar refractivity (Wildman–Crippen MR) is 67.2 cm³/mol. The molecule has 0 aromatic carbocycles. The molecule has 5 nitrogen and oxygen atoms in total. The fourth-order valence-electron chi connectivity index (χ4n) is 1.88. The minimum atomic E-state index is -3.18. The van der Waals surface area contributed by atoms with Gasteiger partial charge in [-0.25, -0.2) is 8.42 Å². The molecule has 1 amide bonds. The third-order valence-electron chi connectivity index (χ3n) is 3.60. The van der Waals surface area contributed by atoms with E-state index in [1.54, 1.807) is 13.8 Å². The van der Waals surface area contributed by atoms with Crippen molar-refractivity contribution in [2.75, 3.05) is 12.8 Å². The first-order valence-electron chi connectivity index (χ1n) is 5.88. The van der Waals surface area contributed by atoms with Crippen LogP contribution < -0.4 is 11.1 Å². The van der Waals surface area contributed by atoms with Crippen molar-refractivity contribution in [3.05, 3.63) is 0 Å². The van der Waals surface area contributed by atoms with Crippen LogP contribution in [0.5, 0.6) is 0 Å². The Morgan fingerprint density at radius 2 is 2.00 bits per heavy atom. The van der Waals surface area contributed by atoms with Crippen molar-refractivity contribution in [1.29, 1.82) is 0 Å². The van der Waals surface area contributed by atoms with Crippen LogP contribution in [0.1, 0.15) is 33.1 Å². The number of carbonyl (C=O) groups excluding carboxylic acids is 1. The molecule has 0 aromatic heterocycles. The van der Waals surface area contributed by atoms with E-state index in [4.69, 9.17) is 5.73 Å². The van der Waals surface area contributed by atoms with Crippen molar-refractivity contribution in [1.82, 2.24) is 5.32 Å². The van der Waals surface area contributed by atoms with Crippen LogP contribution in [0.25, 0.3) is 0 Å². The summed E-state index contributed by atoms with van der Waals surface area (Å²) < 4.78 is 22.0. The zero-order valence-corrected chi connectivity index (χ0v) is 11.5. The molecular weight excluding hydrogens is 240 g/mol. The second-order valence-electron chi connectivity index (χ2n) is 5.45. The SMILES string of the molecule is CC(C)(CNC(=O)C1CCCC1N)S(C)(=O)=O. The maximum Gasteiger partial charge on any atom is 0.224 e. The number of nitrogens with two attached hydrogens (primary N) is 1. The molecule has 0 aromatic rings. The van der Waals surface area contributed by atoms with Crippen molar-refractivity contribution in [2.45, 2.75) is 43.9 Å². The Hall–Kier alpha value is -0.620. The van der Waals surface area contributed by atoms with E-state index in [-0.39, 0.29) is 24.4 Å². The van der Waals surface area contributed by atoms with Gasteiger partial charge < -0.3 is 11.1 Å².